The van der Waals surface area contributed by atoms with Crippen LogP contribution < -0.4 is 0 Å². The van der Waals surface area contributed by atoms with Crippen molar-refractivity contribution in [1.29, 1.82) is 0 Å². The fraction of sp³-hybridized carbons (Fsp3) is 0.474. The van der Waals surface area contributed by atoms with E-state index in [9.17, 15) is 14.7 Å². The van der Waals surface area contributed by atoms with E-state index in [1.165, 1.54) is 19.3 Å². The van der Waals surface area contributed by atoms with E-state index in [-0.39, 0.29) is 17.3 Å². The summed E-state index contributed by atoms with van der Waals surface area (Å²) in [5, 5.41) is 10.4. The molecule has 1 aliphatic carbocycles. The third-order valence-electron chi connectivity index (χ3n) is 4.30. The number of Topliss-reactive ketones (excluding diaryl/α,β-unsaturated/α-hetero) is 2. The van der Waals surface area contributed by atoms with Crippen molar-refractivity contribution in [1.82, 2.24) is 0 Å². The minimum atomic E-state index is -0.545. The van der Waals surface area contributed by atoms with E-state index in [4.69, 9.17) is 0 Å². The van der Waals surface area contributed by atoms with Crippen molar-refractivity contribution in [3.05, 3.63) is 41.0 Å². The molecule has 0 fully saturated rings. The van der Waals surface area contributed by atoms with Crippen LogP contribution in [0.2, 0.25) is 0 Å². The highest BCUT2D eigenvalue weighted by molar-refractivity contribution is 6.52. The van der Waals surface area contributed by atoms with E-state index in [0.717, 1.165) is 12.8 Å². The van der Waals surface area contributed by atoms with Crippen LogP contribution >= 0.6 is 0 Å². The second kappa shape index (κ2) is 7.39. The zero-order valence-corrected chi connectivity index (χ0v) is 13.4. The van der Waals surface area contributed by atoms with Crippen LogP contribution in [0.4, 0.5) is 0 Å². The Kier molecular flexibility index (Phi) is 5.53. The predicted octanol–water partition coefficient (Wildman–Crippen LogP) is 4.72. The molecule has 0 radical (unpaired) electrons. The van der Waals surface area contributed by atoms with E-state index in [1.807, 2.05) is 0 Å². The van der Waals surface area contributed by atoms with E-state index >= 15 is 0 Å². The van der Waals surface area contributed by atoms with Gasteiger partial charge in [-0.3, -0.25) is 9.59 Å². The Morgan fingerprint density at radius 3 is 2.36 bits per heavy atom. The van der Waals surface area contributed by atoms with Gasteiger partial charge < -0.3 is 5.11 Å². The van der Waals surface area contributed by atoms with Crippen LogP contribution in [0.1, 0.15) is 68.3 Å². The first kappa shape index (κ1) is 16.5. The highest BCUT2D eigenvalue weighted by atomic mass is 16.3. The monoisotopic (exact) mass is 300 g/mol. The molecule has 0 bridgehead atoms. The lowest BCUT2D eigenvalue weighted by molar-refractivity contribution is -0.112. The second-order valence-corrected chi connectivity index (χ2v) is 6.19. The van der Waals surface area contributed by atoms with Gasteiger partial charge in [-0.05, 0) is 12.3 Å². The molecular formula is C19H24O3. The largest absolute Gasteiger partial charge is 0.507 e. The number of fused-ring (bicyclic) bond motifs is 1. The van der Waals surface area contributed by atoms with Gasteiger partial charge in [-0.25, -0.2) is 0 Å². The molecule has 1 atom stereocenters. The summed E-state index contributed by atoms with van der Waals surface area (Å²) in [6, 6.07) is 6.76. The summed E-state index contributed by atoms with van der Waals surface area (Å²) in [6.07, 6.45) is 6.23. The molecule has 22 heavy (non-hydrogen) atoms. The van der Waals surface area contributed by atoms with Crippen LogP contribution in [0.3, 0.4) is 0 Å². The molecule has 1 N–H and O–H groups in total. The van der Waals surface area contributed by atoms with Crippen molar-refractivity contribution in [3.8, 4) is 0 Å². The number of benzene rings is 1. The number of carbonyl (C=O) groups excluding carboxylic acids is 2. The molecule has 0 heterocycles. The Morgan fingerprint density at radius 2 is 1.68 bits per heavy atom. The Morgan fingerprint density at radius 1 is 1.00 bits per heavy atom. The van der Waals surface area contributed by atoms with Gasteiger partial charge in [0.2, 0.25) is 11.6 Å². The first-order chi connectivity index (χ1) is 10.6. The maximum Gasteiger partial charge on any atom is 0.234 e. The normalized spacial score (nSPS) is 15.9. The molecule has 0 aromatic heterocycles. The molecule has 1 aromatic carbocycles. The maximum absolute atomic E-state index is 12.2. The van der Waals surface area contributed by atoms with Crippen LogP contribution in [0.25, 0.3) is 5.76 Å². The molecule has 0 amide bonds. The average molecular weight is 300 g/mol. The van der Waals surface area contributed by atoms with Gasteiger partial charge in [-0.1, -0.05) is 70.2 Å². The Bertz CT molecular complexity index is 598. The summed E-state index contributed by atoms with van der Waals surface area (Å²) in [4.78, 5) is 24.4. The summed E-state index contributed by atoms with van der Waals surface area (Å²) in [5.41, 5.74) is 1.08. The summed E-state index contributed by atoms with van der Waals surface area (Å²) in [7, 11) is 0. The Hall–Kier alpha value is -1.90. The lowest BCUT2D eigenvalue weighted by Gasteiger charge is -2.20. The smallest absolute Gasteiger partial charge is 0.234 e. The number of allylic oxidation sites excluding steroid dienone is 1. The van der Waals surface area contributed by atoms with Gasteiger partial charge in [0, 0.05) is 16.7 Å². The fourth-order valence-electron chi connectivity index (χ4n) is 2.98. The first-order valence-electron chi connectivity index (χ1n) is 8.16. The molecule has 0 aliphatic heterocycles. The van der Waals surface area contributed by atoms with Crippen LogP contribution in [0.5, 0.6) is 0 Å². The van der Waals surface area contributed by atoms with Gasteiger partial charge in [0.1, 0.15) is 5.76 Å². The van der Waals surface area contributed by atoms with E-state index in [0.29, 0.717) is 17.5 Å². The SMILES string of the molecule is CCCCCC[C@H](C)CC1=C(O)c2ccccc2C(=O)C1=O. The molecule has 2 rings (SSSR count). The number of aliphatic hydroxyl groups excluding tert-OH is 1. The topological polar surface area (TPSA) is 54.4 Å². The zero-order valence-electron chi connectivity index (χ0n) is 13.4. The molecule has 1 aliphatic rings. The third kappa shape index (κ3) is 3.46. The number of hydrogen-bond acceptors (Lipinski definition) is 3. The summed E-state index contributed by atoms with van der Waals surface area (Å²) in [5.74, 6) is -0.769. The highest BCUT2D eigenvalue weighted by Gasteiger charge is 2.32. The Labute approximate surface area is 132 Å². The number of rotatable bonds is 7. The van der Waals surface area contributed by atoms with Crippen LogP contribution in [0, 0.1) is 5.92 Å². The van der Waals surface area contributed by atoms with E-state index < -0.39 is 11.6 Å². The summed E-state index contributed by atoms with van der Waals surface area (Å²) >= 11 is 0. The van der Waals surface area contributed by atoms with Gasteiger partial charge in [-0.15, -0.1) is 0 Å². The van der Waals surface area contributed by atoms with Crippen LogP contribution in [-0.2, 0) is 4.79 Å². The number of hydrogen-bond donors (Lipinski definition) is 1. The van der Waals surface area contributed by atoms with Crippen molar-refractivity contribution in [2.75, 3.05) is 0 Å². The van der Waals surface area contributed by atoms with E-state index in [1.54, 1.807) is 24.3 Å². The maximum atomic E-state index is 12.2. The summed E-state index contributed by atoms with van der Waals surface area (Å²) in [6.45, 7) is 4.25. The molecule has 0 saturated heterocycles. The van der Waals surface area contributed by atoms with Crippen molar-refractivity contribution in [2.45, 2.75) is 52.4 Å². The standard InChI is InChI=1S/C19H24O3/c1-3-4-5-6-9-13(2)12-16-17(20)14-10-7-8-11-15(14)18(21)19(16)22/h7-8,10-11,13,20H,3-6,9,12H2,1-2H3/t13-/m0/s1. The molecule has 1 aromatic rings. The number of unbranched alkanes of at least 4 members (excludes halogenated alkanes) is 3. The fourth-order valence-corrected chi connectivity index (χ4v) is 2.98. The van der Waals surface area contributed by atoms with Crippen LogP contribution in [-0.4, -0.2) is 16.7 Å². The molecule has 0 spiro atoms. The van der Waals surface area contributed by atoms with Gasteiger partial charge in [-0.2, -0.15) is 0 Å². The van der Waals surface area contributed by atoms with Crippen molar-refractivity contribution >= 4 is 17.3 Å². The van der Waals surface area contributed by atoms with Gasteiger partial charge >= 0.3 is 0 Å². The van der Waals surface area contributed by atoms with Gasteiger partial charge in [0.15, 0.2) is 0 Å². The summed E-state index contributed by atoms with van der Waals surface area (Å²) < 4.78 is 0. The Balaban J connectivity index is 2.12. The first-order valence-corrected chi connectivity index (χ1v) is 8.16. The van der Waals surface area contributed by atoms with Gasteiger partial charge in [0.05, 0.1) is 0 Å². The molecule has 0 unspecified atom stereocenters. The lowest BCUT2D eigenvalue weighted by atomic mass is 9.83. The molecule has 0 saturated carbocycles. The predicted molar refractivity (Wildman–Crippen MR) is 87.9 cm³/mol. The van der Waals surface area contributed by atoms with Gasteiger partial charge in [0.25, 0.3) is 0 Å². The molecular weight excluding hydrogens is 276 g/mol. The average Bonchev–Trinajstić information content (AvgIpc) is 2.53. The number of carbonyl (C=O) groups is 2. The minimum absolute atomic E-state index is 0.0133. The molecule has 3 nitrogen and oxygen atoms in total. The molecule has 118 valence electrons. The second-order valence-electron chi connectivity index (χ2n) is 6.19. The van der Waals surface area contributed by atoms with Crippen molar-refractivity contribution in [2.24, 2.45) is 5.92 Å². The molecule has 3 heteroatoms. The number of ketones is 2. The van der Waals surface area contributed by atoms with E-state index in [2.05, 4.69) is 13.8 Å². The van der Waals surface area contributed by atoms with Crippen LogP contribution in [0.15, 0.2) is 29.8 Å². The minimum Gasteiger partial charge on any atom is -0.507 e. The van der Waals surface area contributed by atoms with Crippen molar-refractivity contribution < 1.29 is 14.7 Å². The number of aliphatic hydroxyl groups is 1. The quantitative estimate of drug-likeness (QED) is 0.585. The highest BCUT2D eigenvalue weighted by Crippen LogP contribution is 2.31. The third-order valence-corrected chi connectivity index (χ3v) is 4.30. The van der Waals surface area contributed by atoms with Crippen molar-refractivity contribution in [3.63, 3.8) is 0 Å². The zero-order chi connectivity index (χ0) is 16.1. The lowest BCUT2D eigenvalue weighted by Crippen LogP contribution is -2.25.